The molecule has 174 valence electrons. The van der Waals surface area contributed by atoms with Crippen LogP contribution in [0.25, 0.3) is 0 Å². The van der Waals surface area contributed by atoms with Gasteiger partial charge in [-0.2, -0.15) is 5.10 Å². The molecule has 0 spiro atoms. The number of ether oxygens (including phenoxy) is 2. The highest BCUT2D eigenvalue weighted by Crippen LogP contribution is 2.22. The lowest BCUT2D eigenvalue weighted by atomic mass is 10.1. The second-order valence-electron chi connectivity index (χ2n) is 7.80. The third-order valence-electron chi connectivity index (χ3n) is 5.13. The van der Waals surface area contributed by atoms with E-state index in [0.717, 1.165) is 22.4 Å². The van der Waals surface area contributed by atoms with Crippen molar-refractivity contribution in [2.45, 2.75) is 33.9 Å². The van der Waals surface area contributed by atoms with Gasteiger partial charge >= 0.3 is 5.97 Å². The molecule has 2 aromatic carbocycles. The summed E-state index contributed by atoms with van der Waals surface area (Å²) in [6, 6.07) is 15.5. The zero-order valence-corrected chi connectivity index (χ0v) is 20.1. The van der Waals surface area contributed by atoms with Gasteiger partial charge in [0.2, 0.25) is 0 Å². The van der Waals surface area contributed by atoms with Crippen molar-refractivity contribution in [1.82, 2.24) is 14.7 Å². The number of carbonyl (C=O) groups is 2. The number of rotatable bonds is 9. The molecule has 0 unspecified atom stereocenters. The van der Waals surface area contributed by atoms with Crippen LogP contribution in [0.1, 0.15) is 39.7 Å². The Morgan fingerprint density at radius 3 is 2.30 bits per heavy atom. The Morgan fingerprint density at radius 1 is 1.03 bits per heavy atom. The summed E-state index contributed by atoms with van der Waals surface area (Å²) >= 11 is 6.42. The predicted octanol–water partition coefficient (Wildman–Crippen LogP) is 4.42. The Balaban J connectivity index is 1.57. The lowest BCUT2D eigenvalue weighted by molar-refractivity contribution is -0.133. The topological polar surface area (TPSA) is 73.7 Å². The van der Waals surface area contributed by atoms with Crippen molar-refractivity contribution in [2.24, 2.45) is 0 Å². The molecule has 0 saturated carbocycles. The summed E-state index contributed by atoms with van der Waals surface area (Å²) in [7, 11) is 1.66. The van der Waals surface area contributed by atoms with Gasteiger partial charge in [0, 0.05) is 13.6 Å². The lowest BCUT2D eigenvalue weighted by Crippen LogP contribution is -2.30. The van der Waals surface area contributed by atoms with Crippen molar-refractivity contribution in [2.75, 3.05) is 20.3 Å². The van der Waals surface area contributed by atoms with Crippen LogP contribution in [0, 0.1) is 13.8 Å². The van der Waals surface area contributed by atoms with Gasteiger partial charge in [-0.15, -0.1) is 0 Å². The normalized spacial score (nSPS) is 10.7. The first kappa shape index (κ1) is 24.3. The molecule has 0 N–H and O–H groups in total. The van der Waals surface area contributed by atoms with E-state index in [1.54, 1.807) is 18.7 Å². The minimum Gasteiger partial charge on any atom is -0.494 e. The number of amides is 1. The van der Waals surface area contributed by atoms with Crippen LogP contribution in [0.3, 0.4) is 0 Å². The second-order valence-corrected chi connectivity index (χ2v) is 8.16. The van der Waals surface area contributed by atoms with E-state index in [-0.39, 0.29) is 23.2 Å². The first-order valence-corrected chi connectivity index (χ1v) is 11.1. The Hall–Kier alpha value is -3.32. The smallest absolute Gasteiger partial charge is 0.343 e. The summed E-state index contributed by atoms with van der Waals surface area (Å²) in [5.41, 5.74) is 3.73. The molecule has 33 heavy (non-hydrogen) atoms. The molecular weight excluding hydrogens is 442 g/mol. The van der Waals surface area contributed by atoms with E-state index in [9.17, 15) is 9.59 Å². The Labute approximate surface area is 198 Å². The highest BCUT2D eigenvalue weighted by molar-refractivity contribution is 6.32. The number of likely N-dealkylation sites (N-methyl/N-ethyl adjacent to an activating group) is 1. The van der Waals surface area contributed by atoms with Gasteiger partial charge in [0.25, 0.3) is 5.91 Å². The maximum absolute atomic E-state index is 12.6. The number of aromatic nitrogens is 2. The first-order chi connectivity index (χ1) is 15.8. The van der Waals surface area contributed by atoms with Crippen molar-refractivity contribution < 1.29 is 19.1 Å². The van der Waals surface area contributed by atoms with E-state index in [4.69, 9.17) is 21.1 Å². The highest BCUT2D eigenvalue weighted by Gasteiger charge is 2.23. The number of aryl methyl sites for hydroxylation is 2. The molecule has 0 fully saturated rings. The van der Waals surface area contributed by atoms with Gasteiger partial charge in [0.05, 0.1) is 18.8 Å². The molecule has 3 rings (SSSR count). The molecule has 3 aromatic rings. The minimum absolute atomic E-state index is 0.172. The van der Waals surface area contributed by atoms with Crippen molar-refractivity contribution in [3.05, 3.63) is 81.6 Å². The third kappa shape index (κ3) is 6.35. The van der Waals surface area contributed by atoms with E-state index >= 15 is 0 Å². The fourth-order valence-corrected chi connectivity index (χ4v) is 3.60. The van der Waals surface area contributed by atoms with Gasteiger partial charge in [0.15, 0.2) is 6.61 Å². The minimum atomic E-state index is -0.671. The van der Waals surface area contributed by atoms with Gasteiger partial charge in [-0.25, -0.2) is 9.48 Å². The number of nitrogens with zero attached hydrogens (tertiary/aromatic N) is 3. The number of carbonyl (C=O) groups excluding carboxylic acids is 2. The molecule has 0 radical (unpaired) electrons. The van der Waals surface area contributed by atoms with Crippen LogP contribution in [0.15, 0.2) is 48.5 Å². The molecule has 0 aliphatic heterocycles. The summed E-state index contributed by atoms with van der Waals surface area (Å²) in [5.74, 6) is -0.215. The van der Waals surface area contributed by atoms with Crippen LogP contribution >= 0.6 is 11.6 Å². The van der Waals surface area contributed by atoms with Crippen molar-refractivity contribution in [3.8, 4) is 5.75 Å². The molecule has 1 amide bonds. The van der Waals surface area contributed by atoms with Crippen LogP contribution < -0.4 is 4.74 Å². The molecule has 0 aliphatic rings. The van der Waals surface area contributed by atoms with Crippen LogP contribution in [0.4, 0.5) is 0 Å². The maximum Gasteiger partial charge on any atom is 0.343 e. The number of halogens is 1. The van der Waals surface area contributed by atoms with Crippen LogP contribution in [-0.2, 0) is 22.6 Å². The molecule has 7 nitrogen and oxygen atoms in total. The number of hydrogen-bond donors (Lipinski definition) is 0. The molecule has 8 heteroatoms. The van der Waals surface area contributed by atoms with Crippen LogP contribution in [0.2, 0.25) is 5.15 Å². The predicted molar refractivity (Wildman–Crippen MR) is 127 cm³/mol. The largest absolute Gasteiger partial charge is 0.494 e. The van der Waals surface area contributed by atoms with E-state index < -0.39 is 5.97 Å². The zero-order chi connectivity index (χ0) is 24.0. The summed E-state index contributed by atoms with van der Waals surface area (Å²) in [6.07, 6.45) is 0. The molecule has 1 aromatic heterocycles. The molecule has 0 aliphatic carbocycles. The summed E-state index contributed by atoms with van der Waals surface area (Å²) < 4.78 is 12.2. The van der Waals surface area contributed by atoms with Gasteiger partial charge in [-0.1, -0.05) is 53.6 Å². The summed E-state index contributed by atoms with van der Waals surface area (Å²) in [6.45, 7) is 6.65. The fraction of sp³-hybridized carbons (Fsp3) is 0.320. The molecular formula is C25H28ClN3O4. The van der Waals surface area contributed by atoms with E-state index in [1.165, 1.54) is 4.90 Å². The van der Waals surface area contributed by atoms with Crippen LogP contribution in [-0.4, -0.2) is 46.8 Å². The van der Waals surface area contributed by atoms with Crippen molar-refractivity contribution in [1.29, 1.82) is 0 Å². The second kappa shape index (κ2) is 11.0. The van der Waals surface area contributed by atoms with Gasteiger partial charge in [-0.3, -0.25) is 4.79 Å². The average molecular weight is 470 g/mol. The highest BCUT2D eigenvalue weighted by atomic mass is 35.5. The van der Waals surface area contributed by atoms with Gasteiger partial charge in [0.1, 0.15) is 16.5 Å². The maximum atomic E-state index is 12.6. The molecule has 0 saturated heterocycles. The standard InChI is InChI=1S/C25H28ClN3O4/c1-5-32-21-12-10-19(11-13-21)14-28(4)22(30)16-33-25(31)23-18(3)27-29(24(23)26)15-20-8-6-17(2)7-9-20/h6-13H,5,14-16H2,1-4H3. The van der Waals surface area contributed by atoms with Crippen LogP contribution in [0.5, 0.6) is 5.75 Å². The number of hydrogen-bond acceptors (Lipinski definition) is 5. The SMILES string of the molecule is CCOc1ccc(CN(C)C(=O)COC(=O)c2c(C)nn(Cc3ccc(C)cc3)c2Cl)cc1. The van der Waals surface area contributed by atoms with E-state index in [1.807, 2.05) is 62.4 Å². The summed E-state index contributed by atoms with van der Waals surface area (Å²) in [5, 5.41) is 4.55. The zero-order valence-electron chi connectivity index (χ0n) is 19.3. The Kier molecular flexibility index (Phi) is 8.11. The van der Waals surface area contributed by atoms with E-state index in [2.05, 4.69) is 5.10 Å². The monoisotopic (exact) mass is 469 g/mol. The quantitative estimate of drug-likeness (QED) is 0.434. The van der Waals surface area contributed by atoms with Crippen molar-refractivity contribution >= 4 is 23.5 Å². The number of esters is 1. The van der Waals surface area contributed by atoms with Crippen molar-refractivity contribution in [3.63, 3.8) is 0 Å². The van der Waals surface area contributed by atoms with Gasteiger partial charge < -0.3 is 14.4 Å². The lowest BCUT2D eigenvalue weighted by Gasteiger charge is -2.17. The molecule has 1 heterocycles. The Morgan fingerprint density at radius 2 is 1.67 bits per heavy atom. The fourth-order valence-electron chi connectivity index (χ4n) is 3.29. The third-order valence-corrected chi connectivity index (χ3v) is 5.51. The molecule has 0 atom stereocenters. The average Bonchev–Trinajstić information content (AvgIpc) is 3.07. The summed E-state index contributed by atoms with van der Waals surface area (Å²) in [4.78, 5) is 26.6. The molecule has 0 bridgehead atoms. The van der Waals surface area contributed by atoms with Gasteiger partial charge in [-0.05, 0) is 44.0 Å². The first-order valence-electron chi connectivity index (χ1n) is 10.7. The Bertz CT molecular complexity index is 1110. The number of benzene rings is 2. The van der Waals surface area contributed by atoms with E-state index in [0.29, 0.717) is 25.4 Å².